The summed E-state index contributed by atoms with van der Waals surface area (Å²) in [6.07, 6.45) is 0.882. The highest BCUT2D eigenvalue weighted by Crippen LogP contribution is 2.44. The van der Waals surface area contributed by atoms with Crippen molar-refractivity contribution in [3.05, 3.63) is 195 Å². The van der Waals surface area contributed by atoms with Crippen molar-refractivity contribution in [3.8, 4) is 22.5 Å². The van der Waals surface area contributed by atoms with Gasteiger partial charge in [-0.15, -0.1) is 0 Å². The average Bonchev–Trinajstić information content (AvgIpc) is 3.74. The van der Waals surface area contributed by atoms with Crippen LogP contribution >= 0.6 is 0 Å². The third-order valence-corrected chi connectivity index (χ3v) is 14.3. The molecule has 0 spiro atoms. The summed E-state index contributed by atoms with van der Waals surface area (Å²) in [5.74, 6) is -0.858. The van der Waals surface area contributed by atoms with Crippen molar-refractivity contribution >= 4 is 61.8 Å². The van der Waals surface area contributed by atoms with Gasteiger partial charge < -0.3 is 13.9 Å². The topological polar surface area (TPSA) is 151 Å². The molecular weight excluding hydrogens is 901 g/mol. The number of rotatable bonds is 13. The molecule has 13 heteroatoms. The zero-order valence-electron chi connectivity index (χ0n) is 39.1. The molecule has 6 aromatic rings. The van der Waals surface area contributed by atoms with Crippen LogP contribution < -0.4 is 14.8 Å². The molecule has 4 amide bonds. The van der Waals surface area contributed by atoms with E-state index in [1.807, 2.05) is 100 Å². The summed E-state index contributed by atoms with van der Waals surface area (Å²) >= 11 is 0. The second-order valence-electron chi connectivity index (χ2n) is 17.9. The van der Waals surface area contributed by atoms with Crippen molar-refractivity contribution in [1.82, 2.24) is 14.4 Å². The van der Waals surface area contributed by atoms with Gasteiger partial charge in [0.2, 0.25) is 11.0 Å². The number of carbonyl (C=O) groups excluding carboxylic acids is 4. The van der Waals surface area contributed by atoms with Gasteiger partial charge in [-0.1, -0.05) is 78.9 Å². The van der Waals surface area contributed by atoms with Crippen LogP contribution in [-0.4, -0.2) is 72.6 Å². The van der Waals surface area contributed by atoms with Crippen LogP contribution in [0.2, 0.25) is 0 Å². The van der Waals surface area contributed by atoms with Crippen molar-refractivity contribution < 1.29 is 36.6 Å². The van der Waals surface area contributed by atoms with Crippen molar-refractivity contribution in [3.63, 3.8) is 0 Å². The Morgan fingerprint density at radius 2 is 1.07 bits per heavy atom. The first-order valence-corrected chi connectivity index (χ1v) is 24.6. The van der Waals surface area contributed by atoms with E-state index in [1.54, 1.807) is 60.7 Å². The number of aryl methyl sites for hydroxylation is 4. The minimum Gasteiger partial charge on any atom is -0.744 e. The molecule has 0 saturated carbocycles. The molecule has 0 fully saturated rings. The Balaban J connectivity index is 1.12. The summed E-state index contributed by atoms with van der Waals surface area (Å²) in [5, 5.41) is 1.31. The molecule has 350 valence electrons. The second-order valence-corrected chi connectivity index (χ2v) is 19.2. The normalized spacial score (nSPS) is 14.0. The quantitative estimate of drug-likeness (QED) is 0.0476. The molecule has 0 bridgehead atoms. The van der Waals surface area contributed by atoms with E-state index >= 15 is 0 Å². The zero-order valence-corrected chi connectivity index (χ0v) is 39.9. The Morgan fingerprint density at radius 3 is 1.63 bits per heavy atom. The smallest absolute Gasteiger partial charge is 0.261 e. The number of nitrogens with zero attached hydrogens (tertiary/aromatic N) is 4. The number of hydrogen-bond donors (Lipinski definition) is 0. The molecular formula is C57H48N4O8S. The molecule has 6 aromatic carbocycles. The number of benzene rings is 7. The molecule has 70 heavy (non-hydrogen) atoms. The Labute approximate surface area is 405 Å². The van der Waals surface area contributed by atoms with Gasteiger partial charge in [-0.05, 0) is 93.8 Å². The predicted molar refractivity (Wildman–Crippen MR) is 268 cm³/mol. The highest BCUT2D eigenvalue weighted by atomic mass is 32.2. The van der Waals surface area contributed by atoms with Gasteiger partial charge in [0.05, 0.1) is 33.2 Å². The monoisotopic (exact) mass is 948 g/mol. The zero-order chi connectivity index (χ0) is 49.0. The molecule has 0 N–H and O–H groups in total. The summed E-state index contributed by atoms with van der Waals surface area (Å²) in [4.78, 5) is 57.8. The number of imide groups is 2. The average molecular weight is 949 g/mol. The summed E-state index contributed by atoms with van der Waals surface area (Å²) < 4.78 is 47.9. The number of para-hydroxylation sites is 2. The van der Waals surface area contributed by atoms with E-state index in [2.05, 4.69) is 9.48 Å². The molecule has 0 saturated heterocycles. The first-order valence-electron chi connectivity index (χ1n) is 23.2. The van der Waals surface area contributed by atoms with Crippen LogP contribution in [0.3, 0.4) is 0 Å². The highest BCUT2D eigenvalue weighted by molar-refractivity contribution is 7.85. The van der Waals surface area contributed by atoms with E-state index in [4.69, 9.17) is 4.42 Å². The molecule has 0 atom stereocenters. The third kappa shape index (κ3) is 8.06. The number of anilines is 2. The fraction of sp³-hybridized carbons (Fsp3) is 0.175. The molecule has 3 aliphatic heterocycles. The van der Waals surface area contributed by atoms with Crippen molar-refractivity contribution in [2.75, 3.05) is 31.1 Å². The standard InChI is InChI=1S/C57H48N4O8S/c1-35-15-11-16-36(2)52(35)58(29-13-31-60-54(62)41-19-5-6-20-42(41)55(60)63)39-25-27-45-48(33-39)69-49-34-40(26-28-46(49)51(45)47-23-9-10-24-50(47)70(66,67)68)59(53-37(3)17-12-18-38(53)4)30-14-32-61-56(64)43-21-7-8-22-44(43)57(61)65/h5-12,15-28,33-34H,13-14,29-32H2,1-4H3. The van der Waals surface area contributed by atoms with E-state index in [1.165, 1.54) is 21.9 Å². The number of fused-ring (bicyclic) bond motifs is 4. The van der Waals surface area contributed by atoms with E-state index < -0.39 is 10.1 Å². The lowest BCUT2D eigenvalue weighted by Gasteiger charge is -2.29. The van der Waals surface area contributed by atoms with Crippen LogP contribution in [0.1, 0.15) is 76.5 Å². The second kappa shape index (κ2) is 18.1. The van der Waals surface area contributed by atoms with Gasteiger partial charge in [0.15, 0.2) is 6.54 Å². The van der Waals surface area contributed by atoms with Gasteiger partial charge in [0.1, 0.15) is 21.5 Å². The lowest BCUT2D eigenvalue weighted by Crippen LogP contribution is -2.34. The number of hydrogen-bond acceptors (Lipinski definition) is 9. The summed E-state index contributed by atoms with van der Waals surface area (Å²) in [6.45, 7) is 9.33. The summed E-state index contributed by atoms with van der Waals surface area (Å²) in [5.41, 5.74) is 9.94. The molecule has 12 nitrogen and oxygen atoms in total. The third-order valence-electron chi connectivity index (χ3n) is 13.4. The maximum Gasteiger partial charge on any atom is 0.261 e. The molecule has 4 aliphatic rings. The van der Waals surface area contributed by atoms with Crippen molar-refractivity contribution in [2.45, 2.75) is 45.4 Å². The van der Waals surface area contributed by atoms with Crippen LogP contribution in [0.5, 0.6) is 0 Å². The van der Waals surface area contributed by atoms with Gasteiger partial charge in [-0.2, -0.15) is 4.58 Å². The maximum absolute atomic E-state index is 13.4. The van der Waals surface area contributed by atoms with E-state index in [9.17, 15) is 32.1 Å². The molecule has 1 aliphatic carbocycles. The van der Waals surface area contributed by atoms with Crippen LogP contribution in [-0.2, 0) is 10.1 Å². The maximum atomic E-state index is 13.4. The van der Waals surface area contributed by atoms with Crippen LogP contribution in [0, 0.1) is 27.7 Å². The molecule has 0 unspecified atom stereocenters. The van der Waals surface area contributed by atoms with E-state index in [0.29, 0.717) is 76.0 Å². The lowest BCUT2D eigenvalue weighted by molar-refractivity contribution is 0.0637. The van der Waals surface area contributed by atoms with Gasteiger partial charge in [-0.3, -0.25) is 29.0 Å². The van der Waals surface area contributed by atoms with Gasteiger partial charge in [0, 0.05) is 82.8 Å². The Hall–Kier alpha value is -8.00. The van der Waals surface area contributed by atoms with Crippen LogP contribution in [0.15, 0.2) is 155 Å². The van der Waals surface area contributed by atoms with Crippen LogP contribution in [0.4, 0.5) is 17.1 Å². The van der Waals surface area contributed by atoms with Crippen LogP contribution in [0.25, 0.3) is 33.4 Å². The van der Waals surface area contributed by atoms with E-state index in [0.717, 1.165) is 44.7 Å². The van der Waals surface area contributed by atoms with Crippen molar-refractivity contribution in [1.29, 1.82) is 0 Å². The van der Waals surface area contributed by atoms with Gasteiger partial charge >= 0.3 is 0 Å². The summed E-state index contributed by atoms with van der Waals surface area (Å²) in [6, 6.07) is 43.4. The predicted octanol–water partition coefficient (Wildman–Crippen LogP) is 9.96. The summed E-state index contributed by atoms with van der Waals surface area (Å²) in [7, 11) is -4.94. The fourth-order valence-electron chi connectivity index (χ4n) is 10.2. The number of carbonyl (C=O) groups is 4. The van der Waals surface area contributed by atoms with Crippen molar-refractivity contribution in [2.24, 2.45) is 0 Å². The molecule has 3 heterocycles. The lowest BCUT2D eigenvalue weighted by atomic mass is 9.93. The van der Waals surface area contributed by atoms with Gasteiger partial charge in [-0.25, -0.2) is 8.42 Å². The van der Waals surface area contributed by atoms with Gasteiger partial charge in [0.25, 0.3) is 23.6 Å². The largest absolute Gasteiger partial charge is 0.744 e. The first-order chi connectivity index (χ1) is 33.7. The fourth-order valence-corrected chi connectivity index (χ4v) is 10.9. The Morgan fingerprint density at radius 1 is 0.557 bits per heavy atom. The Kier molecular flexibility index (Phi) is 11.9. The highest BCUT2D eigenvalue weighted by Gasteiger charge is 2.36. The SMILES string of the molecule is Cc1cccc(C)c1N(CCCN1C(=O)c2ccccc2C1=O)c1ccc2c(-c3ccccc3S(=O)(=O)[O-])c3ccc(=[N+](CCCN4C(=O)c5ccccc5C4=O)c4c(C)cccc4C)cc-3oc2c1. The minimum absolute atomic E-state index is 0.193. The molecule has 0 aromatic heterocycles. The minimum atomic E-state index is -4.94. The van der Waals surface area contributed by atoms with E-state index in [-0.39, 0.29) is 47.2 Å². The number of amides is 4. The first kappa shape index (κ1) is 45.8. The molecule has 10 rings (SSSR count). The Bertz CT molecular complexity index is 3540. The molecule has 0 radical (unpaired) electrons.